The molecule has 0 bridgehead atoms. The molecule has 1 N–H and O–H groups in total. The molecule has 19 heavy (non-hydrogen) atoms. The lowest BCUT2D eigenvalue weighted by Gasteiger charge is -2.14. The maximum Gasteiger partial charge on any atom is 0.103 e. The Morgan fingerprint density at radius 2 is 2.11 bits per heavy atom. The van der Waals surface area contributed by atoms with E-state index >= 15 is 0 Å². The monoisotopic (exact) mass is 253 g/mol. The summed E-state index contributed by atoms with van der Waals surface area (Å²) in [7, 11) is 2.18. The zero-order valence-electron chi connectivity index (χ0n) is 11.5. The smallest absolute Gasteiger partial charge is 0.103 e. The van der Waals surface area contributed by atoms with Crippen molar-refractivity contribution in [3.63, 3.8) is 0 Å². The summed E-state index contributed by atoms with van der Waals surface area (Å²) < 4.78 is 0. The second kappa shape index (κ2) is 3.94. The first-order chi connectivity index (χ1) is 9.20. The van der Waals surface area contributed by atoms with Crippen LogP contribution in [0.2, 0.25) is 0 Å². The lowest BCUT2D eigenvalue weighted by Crippen LogP contribution is -2.16. The summed E-state index contributed by atoms with van der Waals surface area (Å²) in [5, 5.41) is 0. The number of fused-ring (bicyclic) bond motifs is 3. The Morgan fingerprint density at radius 1 is 1.26 bits per heavy atom. The highest BCUT2D eigenvalue weighted by Crippen LogP contribution is 2.42. The van der Waals surface area contributed by atoms with E-state index in [2.05, 4.69) is 35.1 Å². The van der Waals surface area contributed by atoms with Gasteiger partial charge < -0.3 is 4.98 Å². The van der Waals surface area contributed by atoms with Crippen LogP contribution in [0.25, 0.3) is 11.3 Å². The average Bonchev–Trinajstić information content (AvgIpc) is 3.15. The lowest BCUT2D eigenvalue weighted by molar-refractivity contribution is 0.319. The predicted molar refractivity (Wildman–Crippen MR) is 75.9 cm³/mol. The zero-order valence-corrected chi connectivity index (χ0v) is 11.5. The van der Waals surface area contributed by atoms with E-state index in [1.54, 1.807) is 0 Å². The molecule has 98 valence electrons. The second-order valence-corrected chi connectivity index (χ2v) is 6.01. The molecule has 1 aliphatic carbocycles. The maximum absolute atomic E-state index is 4.69. The van der Waals surface area contributed by atoms with Crippen molar-refractivity contribution < 1.29 is 0 Å². The number of H-pyrrole nitrogens is 1. The van der Waals surface area contributed by atoms with Gasteiger partial charge in [-0.25, -0.2) is 4.98 Å². The summed E-state index contributed by atoms with van der Waals surface area (Å²) in [5.74, 6) is 1.83. The molecule has 0 saturated heterocycles. The summed E-state index contributed by atoms with van der Waals surface area (Å²) in [5.41, 5.74) is 6.66. The van der Waals surface area contributed by atoms with E-state index in [9.17, 15) is 0 Å². The van der Waals surface area contributed by atoms with Gasteiger partial charge in [-0.2, -0.15) is 0 Å². The molecule has 1 aliphatic heterocycles. The van der Waals surface area contributed by atoms with Crippen LogP contribution in [0.4, 0.5) is 0 Å². The highest BCUT2D eigenvalue weighted by molar-refractivity contribution is 5.68. The third-order valence-corrected chi connectivity index (χ3v) is 4.20. The number of aryl methyl sites for hydroxylation is 1. The van der Waals surface area contributed by atoms with Gasteiger partial charge in [0.15, 0.2) is 0 Å². The molecular weight excluding hydrogens is 234 g/mol. The van der Waals surface area contributed by atoms with Crippen molar-refractivity contribution in [2.24, 2.45) is 0 Å². The summed E-state index contributed by atoms with van der Waals surface area (Å²) in [6, 6.07) is 6.99. The molecular formula is C16H19N3. The van der Waals surface area contributed by atoms with Crippen LogP contribution in [0.3, 0.4) is 0 Å². The van der Waals surface area contributed by atoms with Crippen molar-refractivity contribution in [1.29, 1.82) is 0 Å². The number of benzene rings is 1. The standard InChI is InChI=1S/C16H19N3/c1-10-17-15-9-19(2)8-13-7-12(11-3-4-11)5-6-14(13)16(15)18-10/h5-7,11H,3-4,8-9H2,1-2H3,(H,17,18). The number of hydrogen-bond donors (Lipinski definition) is 1. The normalized spacial score (nSPS) is 18.8. The van der Waals surface area contributed by atoms with Crippen molar-refractivity contribution in [1.82, 2.24) is 14.9 Å². The Labute approximate surface area is 113 Å². The van der Waals surface area contributed by atoms with Gasteiger partial charge in [-0.3, -0.25) is 4.90 Å². The molecule has 1 aromatic heterocycles. The molecule has 2 aliphatic rings. The minimum Gasteiger partial charge on any atom is -0.345 e. The van der Waals surface area contributed by atoms with Gasteiger partial charge in [-0.15, -0.1) is 0 Å². The molecule has 2 aromatic rings. The lowest BCUT2D eigenvalue weighted by atomic mass is 9.99. The minimum atomic E-state index is 0.819. The van der Waals surface area contributed by atoms with E-state index in [1.165, 1.54) is 35.2 Å². The van der Waals surface area contributed by atoms with Crippen molar-refractivity contribution >= 4 is 0 Å². The molecule has 2 heterocycles. The van der Waals surface area contributed by atoms with Crippen LogP contribution < -0.4 is 0 Å². The number of imidazole rings is 1. The fourth-order valence-corrected chi connectivity index (χ4v) is 3.14. The molecule has 1 fully saturated rings. The first-order valence-corrected chi connectivity index (χ1v) is 7.08. The van der Waals surface area contributed by atoms with Gasteiger partial charge in [0.05, 0.1) is 11.4 Å². The number of aromatic nitrogens is 2. The van der Waals surface area contributed by atoms with Crippen molar-refractivity contribution in [3.05, 3.63) is 40.8 Å². The van der Waals surface area contributed by atoms with Crippen molar-refractivity contribution in [2.75, 3.05) is 7.05 Å². The van der Waals surface area contributed by atoms with E-state index in [-0.39, 0.29) is 0 Å². The molecule has 4 rings (SSSR count). The number of hydrogen-bond acceptors (Lipinski definition) is 2. The van der Waals surface area contributed by atoms with Crippen LogP contribution in [0.5, 0.6) is 0 Å². The van der Waals surface area contributed by atoms with E-state index in [0.717, 1.165) is 30.5 Å². The van der Waals surface area contributed by atoms with E-state index in [4.69, 9.17) is 4.98 Å². The first-order valence-electron chi connectivity index (χ1n) is 7.08. The molecule has 0 radical (unpaired) electrons. The molecule has 0 atom stereocenters. The fraction of sp³-hybridized carbons (Fsp3) is 0.438. The van der Waals surface area contributed by atoms with Crippen LogP contribution in [0.15, 0.2) is 18.2 Å². The quantitative estimate of drug-likeness (QED) is 0.846. The maximum atomic E-state index is 4.69. The molecule has 3 heteroatoms. The van der Waals surface area contributed by atoms with Gasteiger partial charge in [0.2, 0.25) is 0 Å². The van der Waals surface area contributed by atoms with Crippen LogP contribution in [0, 0.1) is 6.92 Å². The number of aromatic amines is 1. The van der Waals surface area contributed by atoms with Gasteiger partial charge in [-0.05, 0) is 43.9 Å². The first kappa shape index (κ1) is 11.2. The van der Waals surface area contributed by atoms with Gasteiger partial charge in [-0.1, -0.05) is 18.2 Å². The number of nitrogens with one attached hydrogen (secondary N) is 1. The zero-order chi connectivity index (χ0) is 13.0. The van der Waals surface area contributed by atoms with E-state index < -0.39 is 0 Å². The van der Waals surface area contributed by atoms with Gasteiger partial charge in [0.1, 0.15) is 5.82 Å². The molecule has 0 unspecified atom stereocenters. The molecule has 1 aromatic carbocycles. The second-order valence-electron chi connectivity index (χ2n) is 6.01. The SMILES string of the molecule is Cc1nc2c([nH]1)CN(C)Cc1cc(C3CC3)ccc1-2. The van der Waals surface area contributed by atoms with Crippen LogP contribution in [-0.4, -0.2) is 21.9 Å². The van der Waals surface area contributed by atoms with Gasteiger partial charge >= 0.3 is 0 Å². The Balaban J connectivity index is 1.88. The van der Waals surface area contributed by atoms with Crippen LogP contribution in [-0.2, 0) is 13.1 Å². The average molecular weight is 253 g/mol. The van der Waals surface area contributed by atoms with E-state index in [1.807, 2.05) is 6.92 Å². The Morgan fingerprint density at radius 3 is 2.89 bits per heavy atom. The predicted octanol–water partition coefficient (Wildman–Crippen LogP) is 3.21. The molecule has 0 spiro atoms. The largest absolute Gasteiger partial charge is 0.345 e. The van der Waals surface area contributed by atoms with Gasteiger partial charge in [0, 0.05) is 18.7 Å². The third kappa shape index (κ3) is 1.89. The molecule has 1 saturated carbocycles. The highest BCUT2D eigenvalue weighted by Gasteiger charge is 2.26. The molecule has 0 amide bonds. The number of nitrogens with zero attached hydrogens (tertiary/aromatic N) is 2. The summed E-state index contributed by atoms with van der Waals surface area (Å²) in [4.78, 5) is 10.5. The topological polar surface area (TPSA) is 31.9 Å². The van der Waals surface area contributed by atoms with Crippen LogP contribution >= 0.6 is 0 Å². The Kier molecular flexibility index (Phi) is 2.33. The number of rotatable bonds is 1. The van der Waals surface area contributed by atoms with Gasteiger partial charge in [0.25, 0.3) is 0 Å². The van der Waals surface area contributed by atoms with Crippen molar-refractivity contribution in [2.45, 2.75) is 38.8 Å². The minimum absolute atomic E-state index is 0.819. The summed E-state index contributed by atoms with van der Waals surface area (Å²) in [6.07, 6.45) is 2.72. The third-order valence-electron chi connectivity index (χ3n) is 4.20. The van der Waals surface area contributed by atoms with E-state index in [0.29, 0.717) is 0 Å². The van der Waals surface area contributed by atoms with Crippen LogP contribution in [0.1, 0.15) is 41.4 Å². The Hall–Kier alpha value is -1.61. The fourth-order valence-electron chi connectivity index (χ4n) is 3.14. The molecule has 3 nitrogen and oxygen atoms in total. The Bertz CT molecular complexity index is 637. The summed E-state index contributed by atoms with van der Waals surface area (Å²) >= 11 is 0. The highest BCUT2D eigenvalue weighted by atomic mass is 15.1. The van der Waals surface area contributed by atoms with Crippen molar-refractivity contribution in [3.8, 4) is 11.3 Å². The summed E-state index contributed by atoms with van der Waals surface area (Å²) in [6.45, 7) is 4.00.